The van der Waals surface area contributed by atoms with Crippen LogP contribution < -0.4 is 0 Å². The second-order valence-corrected chi connectivity index (χ2v) is 8.11. The van der Waals surface area contributed by atoms with Crippen LogP contribution >= 0.6 is 0 Å². The third-order valence-corrected chi connectivity index (χ3v) is 6.75. The van der Waals surface area contributed by atoms with Gasteiger partial charge in [-0.3, -0.25) is 4.79 Å². The third-order valence-electron chi connectivity index (χ3n) is 4.97. The predicted molar refractivity (Wildman–Crippen MR) is 69.1 cm³/mol. The van der Waals surface area contributed by atoms with Gasteiger partial charge >= 0.3 is 5.97 Å². The number of sulfone groups is 1. The van der Waals surface area contributed by atoms with Crippen molar-refractivity contribution in [1.82, 2.24) is 0 Å². The molecular weight excluding hydrogens is 252 g/mol. The smallest absolute Gasteiger partial charge is 0.310 e. The van der Waals surface area contributed by atoms with E-state index in [2.05, 4.69) is 6.92 Å². The maximum Gasteiger partial charge on any atom is 0.310 e. The Balaban J connectivity index is 2.16. The molecule has 0 amide bonds. The first-order valence-corrected chi connectivity index (χ1v) is 8.65. The number of hydrogen-bond donors (Lipinski definition) is 1. The third kappa shape index (κ3) is 2.42. The lowest BCUT2D eigenvalue weighted by Crippen LogP contribution is -2.41. The van der Waals surface area contributed by atoms with Crippen molar-refractivity contribution in [3.63, 3.8) is 0 Å². The lowest BCUT2D eigenvalue weighted by molar-refractivity contribution is -0.151. The fourth-order valence-corrected chi connectivity index (χ4v) is 5.77. The minimum atomic E-state index is -3.15. The maximum atomic E-state index is 11.7. The summed E-state index contributed by atoms with van der Waals surface area (Å²) in [6.45, 7) is 2.16. The normalized spacial score (nSPS) is 39.6. The summed E-state index contributed by atoms with van der Waals surface area (Å²) in [7, 11) is -3.15. The molecule has 1 aliphatic carbocycles. The highest BCUT2D eigenvalue weighted by molar-refractivity contribution is 7.91. The van der Waals surface area contributed by atoms with E-state index in [9.17, 15) is 18.3 Å². The predicted octanol–water partition coefficient (Wildman–Crippen LogP) is 2.09. The van der Waals surface area contributed by atoms with E-state index < -0.39 is 21.2 Å². The van der Waals surface area contributed by atoms with E-state index in [1.807, 2.05) is 0 Å². The fraction of sp³-hybridized carbons (Fsp3) is 0.923. The average molecular weight is 274 g/mol. The zero-order valence-electron chi connectivity index (χ0n) is 10.9. The molecule has 104 valence electrons. The Morgan fingerprint density at radius 1 is 1.28 bits per heavy atom. The van der Waals surface area contributed by atoms with Gasteiger partial charge in [0.05, 0.1) is 16.9 Å². The van der Waals surface area contributed by atoms with E-state index in [1.165, 1.54) is 0 Å². The van der Waals surface area contributed by atoms with Gasteiger partial charge in [0.25, 0.3) is 0 Å². The number of rotatable bonds is 3. The molecule has 1 aliphatic heterocycles. The fourth-order valence-electron chi connectivity index (χ4n) is 3.66. The van der Waals surface area contributed by atoms with Crippen LogP contribution in [0, 0.1) is 17.3 Å². The first kappa shape index (κ1) is 13.8. The van der Waals surface area contributed by atoms with E-state index >= 15 is 0 Å². The topological polar surface area (TPSA) is 71.4 Å². The molecular formula is C13H22O4S. The van der Waals surface area contributed by atoms with Gasteiger partial charge in [0.2, 0.25) is 0 Å². The Hall–Kier alpha value is -0.580. The summed E-state index contributed by atoms with van der Waals surface area (Å²) in [6, 6.07) is 0. The standard InChI is InChI=1S/C13H22O4S/c1-2-10-3-5-11(6-4-10)13(12(14)15)7-8-18(16,17)9-13/h10-11H,2-9H2,1H3,(H,14,15). The van der Waals surface area contributed by atoms with Crippen molar-refractivity contribution in [2.75, 3.05) is 11.5 Å². The zero-order valence-corrected chi connectivity index (χ0v) is 11.7. The first-order valence-electron chi connectivity index (χ1n) is 6.83. The number of hydrogen-bond acceptors (Lipinski definition) is 3. The van der Waals surface area contributed by atoms with Crippen molar-refractivity contribution in [2.45, 2.75) is 45.4 Å². The van der Waals surface area contributed by atoms with Gasteiger partial charge in [0, 0.05) is 0 Å². The van der Waals surface area contributed by atoms with Crippen molar-refractivity contribution >= 4 is 15.8 Å². The van der Waals surface area contributed by atoms with Crippen LogP contribution in [0.3, 0.4) is 0 Å². The summed E-state index contributed by atoms with van der Waals surface area (Å²) >= 11 is 0. The quantitative estimate of drug-likeness (QED) is 0.855. The molecule has 0 spiro atoms. The van der Waals surface area contributed by atoms with Crippen LogP contribution in [0.2, 0.25) is 0 Å². The summed E-state index contributed by atoms with van der Waals surface area (Å²) in [5.41, 5.74) is -0.989. The van der Waals surface area contributed by atoms with Gasteiger partial charge in [-0.25, -0.2) is 8.42 Å². The molecule has 1 unspecified atom stereocenters. The zero-order chi connectivity index (χ0) is 13.4. The maximum absolute atomic E-state index is 11.7. The second-order valence-electron chi connectivity index (χ2n) is 5.93. The minimum Gasteiger partial charge on any atom is -0.481 e. The van der Waals surface area contributed by atoms with Crippen LogP contribution in [-0.4, -0.2) is 31.0 Å². The molecule has 0 bridgehead atoms. The number of carboxylic acids is 1. The van der Waals surface area contributed by atoms with Gasteiger partial charge in [0.1, 0.15) is 0 Å². The molecule has 1 atom stereocenters. The molecule has 2 rings (SSSR count). The van der Waals surface area contributed by atoms with E-state index in [-0.39, 0.29) is 17.4 Å². The van der Waals surface area contributed by atoms with Crippen molar-refractivity contribution < 1.29 is 18.3 Å². The first-order chi connectivity index (χ1) is 8.39. The molecule has 0 radical (unpaired) electrons. The van der Waals surface area contributed by atoms with Crippen molar-refractivity contribution in [3.05, 3.63) is 0 Å². The van der Waals surface area contributed by atoms with Gasteiger partial charge in [-0.1, -0.05) is 26.2 Å². The van der Waals surface area contributed by atoms with Gasteiger partial charge in [0.15, 0.2) is 9.84 Å². The molecule has 1 heterocycles. The summed E-state index contributed by atoms with van der Waals surface area (Å²) in [5, 5.41) is 9.51. The van der Waals surface area contributed by atoms with E-state index in [0.717, 1.165) is 32.1 Å². The number of carbonyl (C=O) groups is 1. The summed E-state index contributed by atoms with van der Waals surface area (Å²) in [5.74, 6) is -0.243. The minimum absolute atomic E-state index is 0.0486. The largest absolute Gasteiger partial charge is 0.481 e. The molecule has 1 saturated carbocycles. The molecule has 5 heteroatoms. The highest BCUT2D eigenvalue weighted by Crippen LogP contribution is 2.47. The van der Waals surface area contributed by atoms with Crippen LogP contribution in [0.25, 0.3) is 0 Å². The molecule has 1 N–H and O–H groups in total. The van der Waals surface area contributed by atoms with Gasteiger partial charge in [-0.15, -0.1) is 0 Å². The van der Waals surface area contributed by atoms with E-state index in [0.29, 0.717) is 12.3 Å². The summed E-state index contributed by atoms with van der Waals surface area (Å²) < 4.78 is 23.3. The van der Waals surface area contributed by atoms with Crippen LogP contribution in [-0.2, 0) is 14.6 Å². The highest BCUT2D eigenvalue weighted by atomic mass is 32.2. The molecule has 18 heavy (non-hydrogen) atoms. The van der Waals surface area contributed by atoms with Crippen LogP contribution in [0.1, 0.15) is 45.4 Å². The van der Waals surface area contributed by atoms with Crippen molar-refractivity contribution in [3.8, 4) is 0 Å². The summed E-state index contributed by atoms with van der Waals surface area (Å²) in [4.78, 5) is 11.6. The Morgan fingerprint density at radius 2 is 1.89 bits per heavy atom. The van der Waals surface area contributed by atoms with Crippen LogP contribution in [0.4, 0.5) is 0 Å². The number of carboxylic acid groups (broad SMARTS) is 1. The number of aliphatic carboxylic acids is 1. The van der Waals surface area contributed by atoms with Crippen LogP contribution in [0.5, 0.6) is 0 Å². The molecule has 1 saturated heterocycles. The second kappa shape index (κ2) is 4.83. The monoisotopic (exact) mass is 274 g/mol. The van der Waals surface area contributed by atoms with E-state index in [4.69, 9.17) is 0 Å². The van der Waals surface area contributed by atoms with Crippen molar-refractivity contribution in [1.29, 1.82) is 0 Å². The van der Waals surface area contributed by atoms with E-state index in [1.54, 1.807) is 0 Å². The van der Waals surface area contributed by atoms with Gasteiger partial charge < -0.3 is 5.11 Å². The molecule has 0 aromatic carbocycles. The van der Waals surface area contributed by atoms with Gasteiger partial charge in [-0.2, -0.15) is 0 Å². The lowest BCUT2D eigenvalue weighted by atomic mass is 9.66. The summed E-state index contributed by atoms with van der Waals surface area (Å²) in [6.07, 6.45) is 5.31. The van der Waals surface area contributed by atoms with Gasteiger partial charge in [-0.05, 0) is 31.1 Å². The average Bonchev–Trinajstić information content (AvgIpc) is 2.67. The molecule has 2 aliphatic rings. The Labute approximate surface area is 109 Å². The van der Waals surface area contributed by atoms with Crippen molar-refractivity contribution in [2.24, 2.45) is 17.3 Å². The Bertz CT molecular complexity index is 420. The molecule has 0 aromatic rings. The Kier molecular flexibility index (Phi) is 3.72. The molecule has 2 fully saturated rings. The molecule has 4 nitrogen and oxygen atoms in total. The molecule has 0 aromatic heterocycles. The Morgan fingerprint density at radius 3 is 2.28 bits per heavy atom. The highest BCUT2D eigenvalue weighted by Gasteiger charge is 2.53. The SMILES string of the molecule is CCC1CCC(C2(C(=O)O)CCS(=O)(=O)C2)CC1. The van der Waals surface area contributed by atoms with Crippen LogP contribution in [0.15, 0.2) is 0 Å². The lowest BCUT2D eigenvalue weighted by Gasteiger charge is -2.37.